The molecule has 0 aromatic heterocycles. The second kappa shape index (κ2) is 15.0. The highest BCUT2D eigenvalue weighted by Gasteiger charge is 2.17. The van der Waals surface area contributed by atoms with Gasteiger partial charge in [-0.15, -0.1) is 24.0 Å². The SMILES string of the molecule is CCCOc1ccc(CNC(=NC)NCCC(=O)NC2CCCC2)c(OC(F)F)c1.I. The summed E-state index contributed by atoms with van der Waals surface area (Å²) < 4.78 is 35.7. The number of ether oxygens (including phenoxy) is 2. The number of amides is 1. The largest absolute Gasteiger partial charge is 0.493 e. The Balaban J connectivity index is 0.00000480. The number of hydrogen-bond donors (Lipinski definition) is 3. The van der Waals surface area contributed by atoms with Crippen molar-refractivity contribution in [2.24, 2.45) is 4.99 Å². The predicted molar refractivity (Wildman–Crippen MR) is 127 cm³/mol. The fourth-order valence-electron chi connectivity index (χ4n) is 3.26. The van der Waals surface area contributed by atoms with Gasteiger partial charge in [-0.2, -0.15) is 8.78 Å². The van der Waals surface area contributed by atoms with Gasteiger partial charge in [-0.05, 0) is 31.4 Å². The van der Waals surface area contributed by atoms with Crippen molar-refractivity contribution in [3.05, 3.63) is 23.8 Å². The lowest BCUT2D eigenvalue weighted by Gasteiger charge is -2.16. The minimum Gasteiger partial charge on any atom is -0.493 e. The molecule has 1 aromatic carbocycles. The number of benzene rings is 1. The van der Waals surface area contributed by atoms with E-state index in [9.17, 15) is 13.6 Å². The molecule has 0 saturated heterocycles. The molecule has 0 unspecified atom stereocenters. The summed E-state index contributed by atoms with van der Waals surface area (Å²) in [6, 6.07) is 5.15. The molecular formula is C21H33F2IN4O3. The molecule has 1 fully saturated rings. The zero-order valence-electron chi connectivity index (χ0n) is 18.1. The quantitative estimate of drug-likeness (QED) is 0.220. The van der Waals surface area contributed by atoms with Gasteiger partial charge in [-0.25, -0.2) is 0 Å². The number of guanidine groups is 1. The van der Waals surface area contributed by atoms with Crippen LogP contribution in [0.1, 0.15) is 51.0 Å². The molecule has 0 bridgehead atoms. The highest BCUT2D eigenvalue weighted by atomic mass is 127. The van der Waals surface area contributed by atoms with Crippen molar-refractivity contribution >= 4 is 35.8 Å². The number of nitrogens with one attached hydrogen (secondary N) is 3. The number of aliphatic imine (C=N–C) groups is 1. The number of carbonyl (C=O) groups is 1. The monoisotopic (exact) mass is 554 g/mol. The van der Waals surface area contributed by atoms with Crippen LogP contribution in [0.3, 0.4) is 0 Å². The van der Waals surface area contributed by atoms with Crippen molar-refractivity contribution in [1.29, 1.82) is 0 Å². The fourth-order valence-corrected chi connectivity index (χ4v) is 3.26. The van der Waals surface area contributed by atoms with Gasteiger partial charge >= 0.3 is 6.61 Å². The van der Waals surface area contributed by atoms with E-state index in [0.717, 1.165) is 19.3 Å². The van der Waals surface area contributed by atoms with Gasteiger partial charge in [-0.1, -0.05) is 19.8 Å². The molecule has 0 radical (unpaired) electrons. The molecule has 1 saturated carbocycles. The Labute approximate surface area is 199 Å². The van der Waals surface area contributed by atoms with Crippen LogP contribution < -0.4 is 25.4 Å². The summed E-state index contributed by atoms with van der Waals surface area (Å²) >= 11 is 0. The van der Waals surface area contributed by atoms with E-state index in [1.165, 1.54) is 18.9 Å². The molecular weight excluding hydrogens is 521 g/mol. The second-order valence-electron chi connectivity index (χ2n) is 7.15. The van der Waals surface area contributed by atoms with E-state index in [1.807, 2.05) is 6.92 Å². The average molecular weight is 554 g/mol. The Kier molecular flexibility index (Phi) is 13.2. The van der Waals surface area contributed by atoms with Gasteiger partial charge < -0.3 is 25.4 Å². The second-order valence-corrected chi connectivity index (χ2v) is 7.15. The van der Waals surface area contributed by atoms with E-state index >= 15 is 0 Å². The van der Waals surface area contributed by atoms with Crippen molar-refractivity contribution in [1.82, 2.24) is 16.0 Å². The van der Waals surface area contributed by atoms with Crippen LogP contribution in [0.25, 0.3) is 0 Å². The lowest BCUT2D eigenvalue weighted by atomic mass is 10.2. The molecule has 0 atom stereocenters. The van der Waals surface area contributed by atoms with E-state index in [-0.39, 0.29) is 42.2 Å². The van der Waals surface area contributed by atoms with Gasteiger partial charge in [0.15, 0.2) is 5.96 Å². The average Bonchev–Trinajstić information content (AvgIpc) is 3.22. The van der Waals surface area contributed by atoms with Gasteiger partial charge in [0.25, 0.3) is 0 Å². The highest BCUT2D eigenvalue weighted by Crippen LogP contribution is 2.26. The molecule has 1 amide bonds. The molecule has 1 aromatic rings. The van der Waals surface area contributed by atoms with E-state index in [2.05, 4.69) is 25.7 Å². The molecule has 0 spiro atoms. The molecule has 10 heteroatoms. The number of halogens is 3. The van der Waals surface area contributed by atoms with E-state index < -0.39 is 6.61 Å². The first-order valence-electron chi connectivity index (χ1n) is 10.5. The number of carbonyl (C=O) groups excluding carboxylic acids is 1. The van der Waals surface area contributed by atoms with Gasteiger partial charge in [0.2, 0.25) is 5.91 Å². The lowest BCUT2D eigenvalue weighted by Crippen LogP contribution is -2.40. The summed E-state index contributed by atoms with van der Waals surface area (Å²) in [5.41, 5.74) is 0.543. The third-order valence-corrected chi connectivity index (χ3v) is 4.76. The fraction of sp³-hybridized carbons (Fsp3) is 0.619. The van der Waals surface area contributed by atoms with Crippen molar-refractivity contribution < 1.29 is 23.0 Å². The molecule has 0 aliphatic heterocycles. The molecule has 2 rings (SSSR count). The molecule has 1 aliphatic rings. The van der Waals surface area contributed by atoms with Crippen LogP contribution in [0.2, 0.25) is 0 Å². The standard InChI is InChI=1S/C21H32F2N4O3.HI/c1-3-12-29-17-9-8-15(18(13-17)30-20(22)23)14-26-21(24-2)25-11-10-19(28)27-16-6-4-5-7-16;/h8-9,13,16,20H,3-7,10-12,14H2,1-2H3,(H,27,28)(H2,24,25,26);1H. The Morgan fingerprint density at radius 3 is 2.65 bits per heavy atom. The van der Waals surface area contributed by atoms with Crippen molar-refractivity contribution in [3.8, 4) is 11.5 Å². The molecule has 176 valence electrons. The summed E-state index contributed by atoms with van der Waals surface area (Å²) in [6.07, 6.45) is 5.59. The van der Waals surface area contributed by atoms with Gasteiger partial charge in [0.05, 0.1) is 6.61 Å². The molecule has 1 aliphatic carbocycles. The van der Waals surface area contributed by atoms with Gasteiger partial charge in [0, 0.05) is 44.2 Å². The van der Waals surface area contributed by atoms with Crippen molar-refractivity contribution in [2.75, 3.05) is 20.2 Å². The van der Waals surface area contributed by atoms with E-state index in [4.69, 9.17) is 4.74 Å². The molecule has 7 nitrogen and oxygen atoms in total. The smallest absolute Gasteiger partial charge is 0.387 e. The Bertz CT molecular complexity index is 701. The summed E-state index contributed by atoms with van der Waals surface area (Å²) in [7, 11) is 1.60. The van der Waals surface area contributed by atoms with Crippen LogP contribution in [0.4, 0.5) is 8.78 Å². The maximum absolute atomic E-state index is 12.8. The summed E-state index contributed by atoms with van der Waals surface area (Å²) in [6.45, 7) is 0.176. The van der Waals surface area contributed by atoms with Crippen LogP contribution in [0, 0.1) is 0 Å². The minimum atomic E-state index is -2.93. The maximum atomic E-state index is 12.8. The summed E-state index contributed by atoms with van der Waals surface area (Å²) in [5, 5.41) is 9.14. The number of hydrogen-bond acceptors (Lipinski definition) is 4. The first-order valence-corrected chi connectivity index (χ1v) is 10.5. The zero-order valence-corrected chi connectivity index (χ0v) is 20.4. The van der Waals surface area contributed by atoms with Crippen LogP contribution >= 0.6 is 24.0 Å². The molecule has 3 N–H and O–H groups in total. The highest BCUT2D eigenvalue weighted by molar-refractivity contribution is 14.0. The maximum Gasteiger partial charge on any atom is 0.387 e. The van der Waals surface area contributed by atoms with Crippen LogP contribution in [0.5, 0.6) is 11.5 Å². The summed E-state index contributed by atoms with van der Waals surface area (Å²) in [4.78, 5) is 16.1. The third-order valence-electron chi connectivity index (χ3n) is 4.76. The van der Waals surface area contributed by atoms with Crippen molar-refractivity contribution in [3.63, 3.8) is 0 Å². The number of rotatable bonds is 11. The normalized spacial score (nSPS) is 14.2. The van der Waals surface area contributed by atoms with Gasteiger partial charge in [0.1, 0.15) is 11.5 Å². The van der Waals surface area contributed by atoms with Gasteiger partial charge in [-0.3, -0.25) is 9.79 Å². The third kappa shape index (κ3) is 10.3. The lowest BCUT2D eigenvalue weighted by molar-refractivity contribution is -0.121. The van der Waals surface area contributed by atoms with E-state index in [1.54, 1.807) is 19.2 Å². The Hall–Kier alpha value is -1.85. The molecule has 31 heavy (non-hydrogen) atoms. The van der Waals surface area contributed by atoms with Crippen LogP contribution in [0.15, 0.2) is 23.2 Å². The predicted octanol–water partition coefficient (Wildman–Crippen LogP) is 3.81. The van der Waals surface area contributed by atoms with Crippen LogP contribution in [-0.2, 0) is 11.3 Å². The van der Waals surface area contributed by atoms with Crippen LogP contribution in [-0.4, -0.2) is 44.7 Å². The first kappa shape index (κ1) is 27.2. The minimum absolute atomic E-state index is 0. The van der Waals surface area contributed by atoms with E-state index in [0.29, 0.717) is 42.9 Å². The van der Waals surface area contributed by atoms with Crippen molar-refractivity contribution in [2.45, 2.75) is 64.6 Å². The number of nitrogens with zero attached hydrogens (tertiary/aromatic N) is 1. The molecule has 0 heterocycles. The summed E-state index contributed by atoms with van der Waals surface area (Å²) in [5.74, 6) is 1.02. The zero-order chi connectivity index (χ0) is 21.8. The Morgan fingerprint density at radius 2 is 2.00 bits per heavy atom. The number of alkyl halides is 2. The Morgan fingerprint density at radius 1 is 1.26 bits per heavy atom. The first-order chi connectivity index (χ1) is 14.5. The topological polar surface area (TPSA) is 84.0 Å².